The van der Waals surface area contributed by atoms with E-state index in [0.717, 1.165) is 12.1 Å². The van der Waals surface area contributed by atoms with Crippen molar-refractivity contribution in [1.29, 1.82) is 5.26 Å². The van der Waals surface area contributed by atoms with Crippen molar-refractivity contribution in [1.82, 2.24) is 19.5 Å². The monoisotopic (exact) mass is 531 g/mol. The Kier molecular flexibility index (Phi) is 7.42. The van der Waals surface area contributed by atoms with E-state index in [0.29, 0.717) is 28.5 Å². The molecular weight excluding hydrogens is 515 g/mol. The van der Waals surface area contributed by atoms with Crippen molar-refractivity contribution in [2.75, 3.05) is 7.11 Å². The SMILES string of the molecule is COc1nc(C)nc(C)c1Cn1cnc(C(F)(F)C(F)(F)F)c(Oc2cc(C#N)cc(C(F)F)c2)c1=O. The highest BCUT2D eigenvalue weighted by atomic mass is 19.4. The Hall–Kier alpha value is -4.22. The highest BCUT2D eigenvalue weighted by molar-refractivity contribution is 5.44. The Bertz CT molecular complexity index is 1430. The highest BCUT2D eigenvalue weighted by Crippen LogP contribution is 2.46. The molecule has 37 heavy (non-hydrogen) atoms. The number of benzene rings is 1. The van der Waals surface area contributed by atoms with Crippen molar-refractivity contribution in [2.24, 2.45) is 0 Å². The highest BCUT2D eigenvalue weighted by Gasteiger charge is 2.62. The van der Waals surface area contributed by atoms with Gasteiger partial charge in [-0.1, -0.05) is 0 Å². The summed E-state index contributed by atoms with van der Waals surface area (Å²) in [6, 6.07) is 3.68. The van der Waals surface area contributed by atoms with Crippen LogP contribution in [0.25, 0.3) is 0 Å². The zero-order valence-electron chi connectivity index (χ0n) is 19.2. The lowest BCUT2D eigenvalue weighted by Crippen LogP contribution is -2.37. The first-order chi connectivity index (χ1) is 17.2. The number of nitrogens with zero attached hydrogens (tertiary/aromatic N) is 5. The van der Waals surface area contributed by atoms with Crippen LogP contribution in [-0.2, 0) is 12.5 Å². The molecular formula is C22H16F7N5O3. The standard InChI is InChI=1S/C22H16F7N5O3/c1-10-15(19(36-3)33-11(2)32-10)8-34-9-31-17(21(25,26)22(27,28)29)16(20(34)35)37-14-5-12(7-30)4-13(6-14)18(23)24/h4-6,9,18H,8H2,1-3H3. The van der Waals surface area contributed by atoms with Crippen LogP contribution >= 0.6 is 0 Å². The summed E-state index contributed by atoms with van der Waals surface area (Å²) in [5.41, 5.74) is -4.31. The smallest absolute Gasteiger partial charge is 0.459 e. The Morgan fingerprint density at radius 2 is 1.78 bits per heavy atom. The minimum absolute atomic E-state index is 0.00682. The quantitative estimate of drug-likeness (QED) is 0.397. The Balaban J connectivity index is 2.23. The van der Waals surface area contributed by atoms with Crippen LogP contribution in [0.5, 0.6) is 17.4 Å². The molecule has 15 heteroatoms. The van der Waals surface area contributed by atoms with Crippen LogP contribution in [0.1, 0.15) is 40.3 Å². The summed E-state index contributed by atoms with van der Waals surface area (Å²) in [5.74, 6) is -7.67. The molecule has 196 valence electrons. The molecule has 0 saturated carbocycles. The topological polar surface area (TPSA) is 103 Å². The van der Waals surface area contributed by atoms with Gasteiger partial charge >= 0.3 is 12.1 Å². The molecule has 0 aliphatic rings. The number of hydrogen-bond acceptors (Lipinski definition) is 7. The average molecular weight is 531 g/mol. The number of ether oxygens (including phenoxy) is 2. The van der Waals surface area contributed by atoms with E-state index in [2.05, 4.69) is 15.0 Å². The van der Waals surface area contributed by atoms with Crippen molar-refractivity contribution in [3.63, 3.8) is 0 Å². The van der Waals surface area contributed by atoms with Crippen LogP contribution in [0, 0.1) is 25.2 Å². The zero-order valence-corrected chi connectivity index (χ0v) is 19.2. The number of rotatable bonds is 7. The van der Waals surface area contributed by atoms with Gasteiger partial charge in [0.1, 0.15) is 11.6 Å². The molecule has 3 aromatic rings. The predicted molar refractivity (Wildman–Crippen MR) is 112 cm³/mol. The first-order valence-corrected chi connectivity index (χ1v) is 10.1. The van der Waals surface area contributed by atoms with Gasteiger partial charge in [-0.3, -0.25) is 9.36 Å². The van der Waals surface area contributed by atoms with Gasteiger partial charge < -0.3 is 9.47 Å². The third-order valence-electron chi connectivity index (χ3n) is 4.99. The summed E-state index contributed by atoms with van der Waals surface area (Å²) in [7, 11) is 1.26. The Labute approximate surface area is 203 Å². The lowest BCUT2D eigenvalue weighted by molar-refractivity contribution is -0.291. The molecule has 0 fully saturated rings. The van der Waals surface area contributed by atoms with E-state index < -0.39 is 58.9 Å². The maximum atomic E-state index is 14.3. The van der Waals surface area contributed by atoms with Crippen LogP contribution in [-0.4, -0.2) is 32.8 Å². The average Bonchev–Trinajstić information content (AvgIpc) is 2.81. The molecule has 0 unspecified atom stereocenters. The summed E-state index contributed by atoms with van der Waals surface area (Å²) in [6.07, 6.45) is -8.88. The Morgan fingerprint density at radius 3 is 2.35 bits per heavy atom. The van der Waals surface area contributed by atoms with Crippen LogP contribution in [0.4, 0.5) is 30.7 Å². The summed E-state index contributed by atoms with van der Waals surface area (Å²) >= 11 is 0. The largest absolute Gasteiger partial charge is 0.481 e. The molecule has 0 radical (unpaired) electrons. The molecule has 0 N–H and O–H groups in total. The van der Waals surface area contributed by atoms with E-state index in [4.69, 9.17) is 14.7 Å². The van der Waals surface area contributed by atoms with E-state index in [-0.39, 0.29) is 11.4 Å². The van der Waals surface area contributed by atoms with E-state index in [1.165, 1.54) is 20.1 Å². The number of methoxy groups -OCH3 is 1. The molecule has 3 rings (SSSR count). The van der Waals surface area contributed by atoms with Crippen molar-refractivity contribution < 1.29 is 40.2 Å². The maximum absolute atomic E-state index is 14.3. The second-order valence-corrected chi connectivity index (χ2v) is 7.58. The van der Waals surface area contributed by atoms with Crippen molar-refractivity contribution in [3.05, 3.63) is 68.8 Å². The number of nitriles is 1. The minimum Gasteiger partial charge on any atom is -0.481 e. The van der Waals surface area contributed by atoms with Gasteiger partial charge in [0.05, 0.1) is 37.2 Å². The first-order valence-electron chi connectivity index (χ1n) is 10.1. The van der Waals surface area contributed by atoms with Crippen molar-refractivity contribution in [3.8, 4) is 23.4 Å². The van der Waals surface area contributed by atoms with Gasteiger partial charge in [-0.25, -0.2) is 18.7 Å². The maximum Gasteiger partial charge on any atom is 0.459 e. The van der Waals surface area contributed by atoms with Gasteiger partial charge in [-0.05, 0) is 32.0 Å². The molecule has 0 atom stereocenters. The lowest BCUT2D eigenvalue weighted by atomic mass is 10.1. The van der Waals surface area contributed by atoms with Crippen molar-refractivity contribution >= 4 is 0 Å². The first kappa shape index (κ1) is 27.4. The van der Waals surface area contributed by atoms with Crippen LogP contribution in [0.2, 0.25) is 0 Å². The van der Waals surface area contributed by atoms with E-state index >= 15 is 0 Å². The lowest BCUT2D eigenvalue weighted by Gasteiger charge is -2.22. The summed E-state index contributed by atoms with van der Waals surface area (Å²) < 4.78 is 105. The molecule has 0 aliphatic heterocycles. The van der Waals surface area contributed by atoms with Gasteiger partial charge in [0, 0.05) is 11.3 Å². The number of aryl methyl sites for hydroxylation is 2. The second-order valence-electron chi connectivity index (χ2n) is 7.58. The molecule has 0 amide bonds. The molecule has 0 spiro atoms. The molecule has 2 aromatic heterocycles. The summed E-state index contributed by atoms with van der Waals surface area (Å²) in [5, 5.41) is 9.06. The van der Waals surface area contributed by atoms with Crippen LogP contribution < -0.4 is 15.0 Å². The number of alkyl halides is 7. The molecule has 8 nitrogen and oxygen atoms in total. The number of hydrogen-bond donors (Lipinski definition) is 0. The Morgan fingerprint density at radius 1 is 1.11 bits per heavy atom. The van der Waals surface area contributed by atoms with Gasteiger partial charge in [0.2, 0.25) is 11.6 Å². The zero-order chi connectivity index (χ0) is 27.7. The third kappa shape index (κ3) is 5.47. The summed E-state index contributed by atoms with van der Waals surface area (Å²) in [4.78, 5) is 24.4. The fourth-order valence-corrected chi connectivity index (χ4v) is 3.25. The summed E-state index contributed by atoms with van der Waals surface area (Å²) in [6.45, 7) is 2.60. The van der Waals surface area contributed by atoms with E-state index in [1.807, 2.05) is 0 Å². The number of halogens is 7. The van der Waals surface area contributed by atoms with Crippen LogP contribution in [0.3, 0.4) is 0 Å². The molecule has 0 aliphatic carbocycles. The predicted octanol–water partition coefficient (Wildman–Crippen LogP) is 4.96. The molecule has 2 heterocycles. The van der Waals surface area contributed by atoms with Crippen molar-refractivity contribution in [2.45, 2.75) is 38.9 Å². The fraction of sp³-hybridized carbons (Fsp3) is 0.318. The van der Waals surface area contributed by atoms with E-state index in [9.17, 15) is 35.5 Å². The fourth-order valence-electron chi connectivity index (χ4n) is 3.25. The van der Waals surface area contributed by atoms with Gasteiger partial charge in [-0.2, -0.15) is 32.2 Å². The van der Waals surface area contributed by atoms with E-state index in [1.54, 1.807) is 6.92 Å². The minimum atomic E-state index is -6.18. The van der Waals surface area contributed by atoms with Gasteiger partial charge in [0.15, 0.2) is 5.69 Å². The molecule has 0 saturated heterocycles. The number of aromatic nitrogens is 4. The molecule has 0 bridgehead atoms. The van der Waals surface area contributed by atoms with Gasteiger partial charge in [0.25, 0.3) is 12.0 Å². The third-order valence-corrected chi connectivity index (χ3v) is 4.99. The molecule has 1 aromatic carbocycles. The van der Waals surface area contributed by atoms with Gasteiger partial charge in [-0.15, -0.1) is 0 Å². The second kappa shape index (κ2) is 10.0. The normalized spacial score (nSPS) is 11.9. The van der Waals surface area contributed by atoms with Crippen LogP contribution in [0.15, 0.2) is 29.3 Å².